The molecule has 5 heteroatoms. The monoisotopic (exact) mass is 352 g/mol. The number of hydrogen-bond donors (Lipinski definition) is 2. The van der Waals surface area contributed by atoms with Crippen molar-refractivity contribution in [1.82, 2.24) is 10.9 Å². The Hall–Kier alpha value is -2.92. The number of amides is 1. The van der Waals surface area contributed by atoms with Gasteiger partial charge in [0.1, 0.15) is 6.61 Å². The van der Waals surface area contributed by atoms with E-state index in [1.54, 1.807) is 30.3 Å². The zero-order chi connectivity index (χ0) is 18.8. The smallest absolute Gasteiger partial charge is 0.308 e. The lowest BCUT2D eigenvalue weighted by Crippen LogP contribution is -2.53. The molecular formula is C21H24N2O3. The van der Waals surface area contributed by atoms with Gasteiger partial charge in [0.2, 0.25) is 0 Å². The minimum Gasteiger partial charge on any atom is -0.461 e. The van der Waals surface area contributed by atoms with Crippen molar-refractivity contribution < 1.29 is 14.3 Å². The van der Waals surface area contributed by atoms with Gasteiger partial charge >= 0.3 is 5.97 Å². The highest BCUT2D eigenvalue weighted by molar-refractivity contribution is 5.93. The van der Waals surface area contributed by atoms with Crippen molar-refractivity contribution in [2.75, 3.05) is 0 Å². The molecule has 0 aliphatic rings. The van der Waals surface area contributed by atoms with Gasteiger partial charge in [-0.3, -0.25) is 15.0 Å². The summed E-state index contributed by atoms with van der Waals surface area (Å²) in [4.78, 5) is 24.4. The van der Waals surface area contributed by atoms with E-state index in [9.17, 15) is 9.59 Å². The summed E-state index contributed by atoms with van der Waals surface area (Å²) in [6, 6.07) is 18.4. The molecular weight excluding hydrogens is 328 g/mol. The first-order valence-corrected chi connectivity index (χ1v) is 8.45. The zero-order valence-corrected chi connectivity index (χ0v) is 14.9. The summed E-state index contributed by atoms with van der Waals surface area (Å²) in [6.45, 7) is 5.79. The van der Waals surface area contributed by atoms with Crippen LogP contribution in [0.25, 0.3) is 0 Å². The van der Waals surface area contributed by atoms with Crippen LogP contribution in [0.4, 0.5) is 0 Å². The maximum atomic E-state index is 12.2. The number of nitrogens with one attached hydrogen (secondary N) is 2. The fraction of sp³-hybridized carbons (Fsp3) is 0.238. The predicted molar refractivity (Wildman–Crippen MR) is 101 cm³/mol. The van der Waals surface area contributed by atoms with Crippen LogP contribution in [0.1, 0.15) is 35.7 Å². The molecule has 1 amide bonds. The molecule has 26 heavy (non-hydrogen) atoms. The summed E-state index contributed by atoms with van der Waals surface area (Å²) in [5.74, 6) is -0.613. The quantitative estimate of drug-likeness (QED) is 0.412. The Bertz CT molecular complexity index is 731. The molecule has 0 fully saturated rings. The minimum absolute atomic E-state index is 0.0981. The number of carbonyl (C=O) groups excluding carboxylic acids is 2. The molecule has 0 radical (unpaired) electrons. The lowest BCUT2D eigenvalue weighted by molar-refractivity contribution is -0.146. The van der Waals surface area contributed by atoms with Crippen LogP contribution in [0.5, 0.6) is 0 Å². The third-order valence-corrected chi connectivity index (χ3v) is 3.89. The molecule has 0 aliphatic heterocycles. The van der Waals surface area contributed by atoms with Crippen LogP contribution >= 0.6 is 0 Å². The molecule has 0 aliphatic carbocycles. The van der Waals surface area contributed by atoms with E-state index < -0.39 is 5.54 Å². The molecule has 1 unspecified atom stereocenters. The third-order valence-electron chi connectivity index (χ3n) is 3.89. The van der Waals surface area contributed by atoms with Gasteiger partial charge in [0.15, 0.2) is 0 Å². The highest BCUT2D eigenvalue weighted by atomic mass is 16.5. The molecule has 2 rings (SSSR count). The number of carbonyl (C=O) groups is 2. The highest BCUT2D eigenvalue weighted by Gasteiger charge is 2.27. The van der Waals surface area contributed by atoms with Crippen molar-refractivity contribution in [1.29, 1.82) is 0 Å². The van der Waals surface area contributed by atoms with E-state index >= 15 is 0 Å². The lowest BCUT2D eigenvalue weighted by atomic mass is 9.94. The van der Waals surface area contributed by atoms with Gasteiger partial charge in [-0.25, -0.2) is 5.43 Å². The summed E-state index contributed by atoms with van der Waals surface area (Å²) >= 11 is 0. The Kier molecular flexibility index (Phi) is 7.12. The Morgan fingerprint density at radius 3 is 2.31 bits per heavy atom. The number of ether oxygens (including phenoxy) is 1. The molecule has 2 N–H and O–H groups in total. The number of benzene rings is 2. The van der Waals surface area contributed by atoms with Gasteiger partial charge in [-0.1, -0.05) is 54.6 Å². The summed E-state index contributed by atoms with van der Waals surface area (Å²) in [5, 5.41) is 0. The second-order valence-electron chi connectivity index (χ2n) is 6.32. The fourth-order valence-electron chi connectivity index (χ4n) is 2.46. The number of hydrogen-bond acceptors (Lipinski definition) is 4. The number of rotatable bonds is 9. The normalized spacial score (nSPS) is 12.7. The van der Waals surface area contributed by atoms with Gasteiger partial charge in [-0.15, -0.1) is 6.58 Å². The van der Waals surface area contributed by atoms with E-state index in [2.05, 4.69) is 17.4 Å². The van der Waals surface area contributed by atoms with Crippen molar-refractivity contribution >= 4 is 11.9 Å². The minimum atomic E-state index is -0.694. The average molecular weight is 352 g/mol. The topological polar surface area (TPSA) is 67.4 Å². The van der Waals surface area contributed by atoms with Crippen LogP contribution in [0.3, 0.4) is 0 Å². The largest absolute Gasteiger partial charge is 0.461 e. The Balaban J connectivity index is 1.89. The third kappa shape index (κ3) is 6.18. The molecule has 0 saturated carbocycles. The lowest BCUT2D eigenvalue weighted by Gasteiger charge is -2.29. The average Bonchev–Trinajstić information content (AvgIpc) is 2.66. The maximum Gasteiger partial charge on any atom is 0.308 e. The Morgan fingerprint density at radius 1 is 1.08 bits per heavy atom. The van der Waals surface area contributed by atoms with Crippen LogP contribution < -0.4 is 10.9 Å². The van der Waals surface area contributed by atoms with Crippen LogP contribution in [0.2, 0.25) is 0 Å². The van der Waals surface area contributed by atoms with E-state index in [-0.39, 0.29) is 24.9 Å². The van der Waals surface area contributed by atoms with Gasteiger partial charge < -0.3 is 4.74 Å². The molecule has 2 aromatic rings. The van der Waals surface area contributed by atoms with Gasteiger partial charge in [0, 0.05) is 11.1 Å². The standard InChI is InChI=1S/C21H24N2O3/c1-3-14-21(2,23-22-20(25)18-12-8-5-9-13-18)15-19(24)26-16-17-10-6-4-7-11-17/h3-13,23H,1,14-16H2,2H3,(H,22,25). The van der Waals surface area contributed by atoms with Crippen LogP contribution in [-0.4, -0.2) is 17.4 Å². The van der Waals surface area contributed by atoms with Crippen molar-refractivity contribution in [3.63, 3.8) is 0 Å². The maximum absolute atomic E-state index is 12.2. The van der Waals surface area contributed by atoms with Crippen molar-refractivity contribution in [2.45, 2.75) is 31.9 Å². The van der Waals surface area contributed by atoms with E-state index in [0.29, 0.717) is 12.0 Å². The van der Waals surface area contributed by atoms with E-state index in [4.69, 9.17) is 4.74 Å². The fourth-order valence-corrected chi connectivity index (χ4v) is 2.46. The molecule has 0 spiro atoms. The van der Waals surface area contributed by atoms with E-state index in [1.807, 2.05) is 43.3 Å². The SMILES string of the molecule is C=CCC(C)(CC(=O)OCc1ccccc1)NNC(=O)c1ccccc1. The molecule has 0 bridgehead atoms. The second-order valence-corrected chi connectivity index (χ2v) is 6.32. The summed E-state index contributed by atoms with van der Waals surface area (Å²) in [5.41, 5.74) is 6.38. The van der Waals surface area contributed by atoms with Crippen molar-refractivity contribution in [3.8, 4) is 0 Å². The molecule has 2 aromatic carbocycles. The first kappa shape index (κ1) is 19.4. The molecule has 0 aromatic heterocycles. The zero-order valence-electron chi connectivity index (χ0n) is 14.9. The molecule has 0 saturated heterocycles. The summed E-state index contributed by atoms with van der Waals surface area (Å²) in [7, 11) is 0. The van der Waals surface area contributed by atoms with Crippen molar-refractivity contribution in [2.24, 2.45) is 0 Å². The van der Waals surface area contributed by atoms with Gasteiger partial charge in [-0.2, -0.15) is 0 Å². The molecule has 5 nitrogen and oxygen atoms in total. The van der Waals surface area contributed by atoms with Crippen molar-refractivity contribution in [3.05, 3.63) is 84.4 Å². The van der Waals surface area contributed by atoms with Crippen LogP contribution in [0.15, 0.2) is 73.3 Å². The first-order chi connectivity index (χ1) is 12.5. The van der Waals surface area contributed by atoms with E-state index in [1.165, 1.54) is 0 Å². The van der Waals surface area contributed by atoms with E-state index in [0.717, 1.165) is 5.56 Å². The molecule has 0 heterocycles. The first-order valence-electron chi connectivity index (χ1n) is 8.45. The number of esters is 1. The van der Waals surface area contributed by atoms with Crippen LogP contribution in [0, 0.1) is 0 Å². The Morgan fingerprint density at radius 2 is 1.69 bits per heavy atom. The van der Waals surface area contributed by atoms with Crippen LogP contribution in [-0.2, 0) is 16.1 Å². The molecule has 1 atom stereocenters. The highest BCUT2D eigenvalue weighted by Crippen LogP contribution is 2.16. The summed E-state index contributed by atoms with van der Waals surface area (Å²) in [6.07, 6.45) is 2.29. The van der Waals surface area contributed by atoms with Gasteiger partial charge in [-0.05, 0) is 31.0 Å². The number of hydrazine groups is 1. The molecule has 136 valence electrons. The van der Waals surface area contributed by atoms with Gasteiger partial charge in [0.05, 0.1) is 6.42 Å². The van der Waals surface area contributed by atoms with Gasteiger partial charge in [0.25, 0.3) is 5.91 Å². The summed E-state index contributed by atoms with van der Waals surface area (Å²) < 4.78 is 5.34. The second kappa shape index (κ2) is 9.53. The Labute approximate surface area is 154 Å². The predicted octanol–water partition coefficient (Wildman–Crippen LogP) is 3.39.